The van der Waals surface area contributed by atoms with Gasteiger partial charge in [-0.25, -0.2) is 8.42 Å². The molecule has 0 amide bonds. The van der Waals surface area contributed by atoms with Crippen LogP contribution in [-0.4, -0.2) is 83.6 Å². The molecule has 1 atom stereocenters. The lowest BCUT2D eigenvalue weighted by molar-refractivity contribution is 0.0911. The molecule has 0 aliphatic carbocycles. The fraction of sp³-hybridized carbons (Fsp3) is 0.483. The number of rotatable bonds is 9. The van der Waals surface area contributed by atoms with Crippen molar-refractivity contribution in [2.24, 2.45) is 0 Å². The summed E-state index contributed by atoms with van der Waals surface area (Å²) in [6.07, 6.45) is 0.628. The number of fused-ring (bicyclic) bond motifs is 1. The van der Waals surface area contributed by atoms with Gasteiger partial charge in [0.15, 0.2) is 0 Å². The summed E-state index contributed by atoms with van der Waals surface area (Å²) < 4.78 is 30.4. The molecule has 1 aromatic heterocycles. The van der Waals surface area contributed by atoms with Crippen LogP contribution < -0.4 is 4.90 Å². The highest BCUT2D eigenvalue weighted by Crippen LogP contribution is 2.32. The van der Waals surface area contributed by atoms with Gasteiger partial charge in [0.05, 0.1) is 24.1 Å². The molecule has 5 rings (SSSR count). The fourth-order valence-corrected chi connectivity index (χ4v) is 7.56. The van der Waals surface area contributed by atoms with Crippen molar-refractivity contribution in [1.29, 1.82) is 0 Å². The first-order valence-corrected chi connectivity index (χ1v) is 16.5. The van der Waals surface area contributed by atoms with Crippen LogP contribution in [0.4, 0.5) is 5.69 Å². The summed E-state index contributed by atoms with van der Waals surface area (Å²) in [6, 6.07) is 16.7. The van der Waals surface area contributed by atoms with E-state index in [9.17, 15) is 13.5 Å². The molecular weight excluding hydrogens is 625 g/mol. The van der Waals surface area contributed by atoms with Gasteiger partial charge in [0, 0.05) is 78.3 Å². The van der Waals surface area contributed by atoms with Crippen LogP contribution in [0.25, 0.3) is 11.3 Å². The Morgan fingerprint density at radius 3 is 2.41 bits per heavy atom. The van der Waals surface area contributed by atoms with Crippen molar-refractivity contribution in [3.8, 4) is 11.3 Å². The second kappa shape index (κ2) is 12.3. The molecule has 1 fully saturated rings. The van der Waals surface area contributed by atoms with Gasteiger partial charge in [-0.3, -0.25) is 9.58 Å². The molecule has 3 heterocycles. The predicted molar refractivity (Wildman–Crippen MR) is 164 cm³/mol. The minimum absolute atomic E-state index is 0.158. The third-order valence-electron chi connectivity index (χ3n) is 7.75. The Morgan fingerprint density at radius 2 is 1.72 bits per heavy atom. The highest BCUT2D eigenvalue weighted by Gasteiger charge is 2.32. The van der Waals surface area contributed by atoms with Crippen molar-refractivity contribution >= 4 is 38.3 Å². The van der Waals surface area contributed by atoms with Gasteiger partial charge in [-0.15, -0.1) is 0 Å². The van der Waals surface area contributed by atoms with Crippen molar-refractivity contribution in [1.82, 2.24) is 19.0 Å². The molecule has 3 aromatic rings. The number of piperazine rings is 1. The van der Waals surface area contributed by atoms with Crippen molar-refractivity contribution in [3.05, 3.63) is 68.9 Å². The third-order valence-corrected chi connectivity index (χ3v) is 10.5. The smallest absolute Gasteiger partial charge is 0.214 e. The number of aliphatic hydroxyl groups excluding tert-OH is 1. The molecule has 39 heavy (non-hydrogen) atoms. The van der Waals surface area contributed by atoms with Crippen LogP contribution in [0.2, 0.25) is 0 Å². The van der Waals surface area contributed by atoms with Gasteiger partial charge < -0.3 is 10.0 Å². The largest absolute Gasteiger partial charge is 0.390 e. The molecule has 0 bridgehead atoms. The van der Waals surface area contributed by atoms with E-state index < -0.39 is 16.1 Å². The van der Waals surface area contributed by atoms with E-state index in [1.54, 1.807) is 4.31 Å². The number of aliphatic hydroxyl groups is 1. The minimum atomic E-state index is -3.31. The Morgan fingerprint density at radius 1 is 1.00 bits per heavy atom. The van der Waals surface area contributed by atoms with Crippen molar-refractivity contribution in [3.63, 3.8) is 0 Å². The summed E-state index contributed by atoms with van der Waals surface area (Å²) in [4.78, 5) is 4.75. The van der Waals surface area contributed by atoms with E-state index in [4.69, 9.17) is 5.10 Å². The molecule has 1 saturated heterocycles. The Bertz CT molecular complexity index is 1380. The van der Waals surface area contributed by atoms with E-state index in [0.29, 0.717) is 39.0 Å². The van der Waals surface area contributed by atoms with Crippen LogP contribution in [0.3, 0.4) is 0 Å². The maximum Gasteiger partial charge on any atom is 0.214 e. The SMILES string of the molecule is CCCS(=O)(=O)N1CCc2c(c(-c3ccc(I)cc3)nn2CC(O)CN2CCN(c3ccccc3C)CC2)C1. The second-order valence-corrected chi connectivity index (χ2v) is 13.9. The third kappa shape index (κ3) is 6.51. The second-order valence-electron chi connectivity index (χ2n) is 10.6. The molecule has 1 unspecified atom stereocenters. The van der Waals surface area contributed by atoms with Crippen LogP contribution in [0.15, 0.2) is 48.5 Å². The Kier molecular flexibility index (Phi) is 8.97. The molecule has 0 spiro atoms. The molecule has 2 aromatic carbocycles. The van der Waals surface area contributed by atoms with Crippen LogP contribution >= 0.6 is 22.6 Å². The molecule has 10 heteroatoms. The first-order valence-electron chi connectivity index (χ1n) is 13.8. The van der Waals surface area contributed by atoms with E-state index in [1.165, 1.54) is 11.3 Å². The predicted octanol–water partition coefficient (Wildman–Crippen LogP) is 3.74. The average Bonchev–Trinajstić information content (AvgIpc) is 3.27. The number of hydrogen-bond donors (Lipinski definition) is 1. The Labute approximate surface area is 245 Å². The Hall–Kier alpha value is -1.99. The molecule has 2 aliphatic heterocycles. The van der Waals surface area contributed by atoms with Crippen LogP contribution in [0, 0.1) is 10.5 Å². The summed E-state index contributed by atoms with van der Waals surface area (Å²) in [7, 11) is -3.31. The molecule has 2 aliphatic rings. The van der Waals surface area contributed by atoms with E-state index >= 15 is 0 Å². The Balaban J connectivity index is 1.30. The van der Waals surface area contributed by atoms with Gasteiger partial charge in [0.2, 0.25) is 10.0 Å². The number of aryl methyl sites for hydroxylation is 1. The highest BCUT2D eigenvalue weighted by molar-refractivity contribution is 14.1. The van der Waals surface area contributed by atoms with Gasteiger partial charge >= 0.3 is 0 Å². The number of hydrogen-bond acceptors (Lipinski definition) is 6. The highest BCUT2D eigenvalue weighted by atomic mass is 127. The number of nitrogens with zero attached hydrogens (tertiary/aromatic N) is 5. The fourth-order valence-electron chi connectivity index (χ4n) is 5.73. The van der Waals surface area contributed by atoms with E-state index in [0.717, 1.165) is 52.3 Å². The number of benzene rings is 2. The number of halogens is 1. The van der Waals surface area contributed by atoms with Gasteiger partial charge in [-0.1, -0.05) is 37.3 Å². The zero-order chi connectivity index (χ0) is 27.6. The van der Waals surface area contributed by atoms with E-state index in [-0.39, 0.29) is 5.75 Å². The van der Waals surface area contributed by atoms with Gasteiger partial charge in [-0.05, 0) is 59.7 Å². The maximum absolute atomic E-state index is 12.9. The molecule has 0 saturated carbocycles. The first-order chi connectivity index (χ1) is 18.7. The van der Waals surface area contributed by atoms with Gasteiger partial charge in [0.1, 0.15) is 0 Å². The van der Waals surface area contributed by atoms with Crippen molar-refractivity contribution in [2.75, 3.05) is 49.9 Å². The zero-order valence-corrected chi connectivity index (χ0v) is 25.7. The molecule has 1 N–H and O–H groups in total. The summed E-state index contributed by atoms with van der Waals surface area (Å²) in [5.41, 5.74) is 6.37. The average molecular weight is 664 g/mol. The number of β-amino-alcohol motifs (C(OH)–C–C–N with tert-alkyl or cyclic N) is 1. The number of anilines is 1. The minimum Gasteiger partial charge on any atom is -0.390 e. The van der Waals surface area contributed by atoms with E-state index in [2.05, 4.69) is 63.6 Å². The number of sulfonamides is 1. The monoisotopic (exact) mass is 663 g/mol. The molecule has 210 valence electrons. The molecular formula is C29H38IN5O3S. The summed E-state index contributed by atoms with van der Waals surface area (Å²) >= 11 is 2.28. The topological polar surface area (TPSA) is 81.9 Å². The van der Waals surface area contributed by atoms with Crippen LogP contribution in [-0.2, 0) is 29.5 Å². The normalized spacial score (nSPS) is 17.8. The molecule has 0 radical (unpaired) electrons. The lowest BCUT2D eigenvalue weighted by Crippen LogP contribution is -2.49. The standard InChI is InChI=1S/C29H38IN5O3S/c1-3-18-39(37,38)34-13-12-28-26(21-34)29(23-8-10-24(30)11-9-23)31-35(28)20-25(36)19-32-14-16-33(17-15-32)27-7-5-4-6-22(27)2/h4-11,25,36H,3,12-21H2,1-2H3. The van der Waals surface area contributed by atoms with Crippen molar-refractivity contribution < 1.29 is 13.5 Å². The van der Waals surface area contributed by atoms with Gasteiger partial charge in [0.25, 0.3) is 0 Å². The van der Waals surface area contributed by atoms with Gasteiger partial charge in [-0.2, -0.15) is 9.40 Å². The van der Waals surface area contributed by atoms with Crippen LogP contribution in [0.5, 0.6) is 0 Å². The number of para-hydroxylation sites is 1. The summed E-state index contributed by atoms with van der Waals surface area (Å²) in [5.74, 6) is 0.158. The maximum atomic E-state index is 12.9. The summed E-state index contributed by atoms with van der Waals surface area (Å²) in [5, 5.41) is 16.1. The first kappa shape index (κ1) is 28.5. The van der Waals surface area contributed by atoms with E-state index in [1.807, 2.05) is 35.9 Å². The number of aromatic nitrogens is 2. The van der Waals surface area contributed by atoms with Crippen molar-refractivity contribution in [2.45, 2.75) is 45.9 Å². The lowest BCUT2D eigenvalue weighted by Gasteiger charge is -2.37. The summed E-state index contributed by atoms with van der Waals surface area (Å²) in [6.45, 7) is 9.49. The quantitative estimate of drug-likeness (QED) is 0.352. The molecule has 8 nitrogen and oxygen atoms in total. The van der Waals surface area contributed by atoms with Crippen LogP contribution in [0.1, 0.15) is 30.2 Å². The lowest BCUT2D eigenvalue weighted by atomic mass is 10.0. The zero-order valence-electron chi connectivity index (χ0n) is 22.8.